The minimum absolute atomic E-state index is 0.0634. The smallest absolute Gasteiger partial charge is 0.243 e. The molecular formula is C19H28N2O3S. The van der Waals surface area contributed by atoms with Gasteiger partial charge in [-0.1, -0.05) is 17.7 Å². The molecule has 25 heavy (non-hydrogen) atoms. The van der Waals surface area contributed by atoms with Crippen LogP contribution in [-0.4, -0.2) is 48.2 Å². The van der Waals surface area contributed by atoms with Crippen molar-refractivity contribution < 1.29 is 13.2 Å². The number of carbonyl (C=O) groups excluding carboxylic acids is 1. The fraction of sp³-hybridized carbons (Fsp3) is 0.632. The third kappa shape index (κ3) is 3.34. The van der Waals surface area contributed by atoms with Crippen LogP contribution in [0.2, 0.25) is 0 Å². The summed E-state index contributed by atoms with van der Waals surface area (Å²) in [5.41, 5.74) is 0.969. The zero-order valence-corrected chi connectivity index (χ0v) is 16.3. The van der Waals surface area contributed by atoms with E-state index in [0.717, 1.165) is 12.0 Å². The van der Waals surface area contributed by atoms with E-state index in [2.05, 4.69) is 20.8 Å². The van der Waals surface area contributed by atoms with E-state index in [1.165, 1.54) is 4.31 Å². The molecule has 138 valence electrons. The highest BCUT2D eigenvalue weighted by Gasteiger charge is 2.47. The van der Waals surface area contributed by atoms with Crippen LogP contribution in [0.4, 0.5) is 0 Å². The van der Waals surface area contributed by atoms with E-state index in [-0.39, 0.29) is 23.4 Å². The van der Waals surface area contributed by atoms with Gasteiger partial charge in [-0.25, -0.2) is 8.42 Å². The molecule has 1 aromatic rings. The number of hydrogen-bond acceptors (Lipinski definition) is 3. The van der Waals surface area contributed by atoms with Crippen LogP contribution in [0.3, 0.4) is 0 Å². The number of carbonyl (C=O) groups is 1. The van der Waals surface area contributed by atoms with Gasteiger partial charge in [0.15, 0.2) is 0 Å². The molecule has 1 unspecified atom stereocenters. The lowest BCUT2D eigenvalue weighted by Crippen LogP contribution is -2.65. The van der Waals surface area contributed by atoms with Crippen molar-refractivity contribution in [2.24, 2.45) is 5.92 Å². The lowest BCUT2D eigenvalue weighted by molar-refractivity contribution is -0.158. The number of sulfonamides is 1. The van der Waals surface area contributed by atoms with Crippen LogP contribution in [0.5, 0.6) is 0 Å². The average Bonchev–Trinajstić information content (AvgIpc) is 2.54. The Kier molecular flexibility index (Phi) is 4.71. The van der Waals surface area contributed by atoms with Crippen molar-refractivity contribution in [1.82, 2.24) is 9.21 Å². The normalized spacial score (nSPS) is 24.8. The number of rotatable bonds is 3. The standard InChI is InChI=1S/C19H28N2O3S/c1-14-5-7-17(8-6-14)25(23,24)20-11-9-16(10-12-20)18(22)21-15(2)13-19(21,3)4/h5-8,15-16H,9-13H2,1-4H3. The summed E-state index contributed by atoms with van der Waals surface area (Å²) in [5.74, 6) is 0.127. The van der Waals surface area contributed by atoms with Gasteiger partial charge in [-0.2, -0.15) is 4.31 Å². The summed E-state index contributed by atoms with van der Waals surface area (Å²) in [6.45, 7) is 9.04. The first kappa shape index (κ1) is 18.4. The van der Waals surface area contributed by atoms with Crippen LogP contribution in [0.25, 0.3) is 0 Å². The molecule has 5 nitrogen and oxygen atoms in total. The second-order valence-electron chi connectivity index (χ2n) is 8.07. The molecule has 2 heterocycles. The Morgan fingerprint density at radius 2 is 1.68 bits per heavy atom. The van der Waals surface area contributed by atoms with Gasteiger partial charge >= 0.3 is 0 Å². The van der Waals surface area contributed by atoms with Crippen LogP contribution in [0, 0.1) is 12.8 Å². The minimum atomic E-state index is -3.46. The van der Waals surface area contributed by atoms with Gasteiger partial charge in [0.1, 0.15) is 0 Å². The molecule has 1 aromatic carbocycles. The van der Waals surface area contributed by atoms with Crippen molar-refractivity contribution in [1.29, 1.82) is 0 Å². The van der Waals surface area contributed by atoms with E-state index in [0.29, 0.717) is 30.8 Å². The van der Waals surface area contributed by atoms with Crippen molar-refractivity contribution in [2.45, 2.75) is 63.4 Å². The molecule has 3 rings (SSSR count). The Balaban J connectivity index is 1.65. The molecule has 2 fully saturated rings. The van der Waals surface area contributed by atoms with Crippen molar-refractivity contribution in [2.75, 3.05) is 13.1 Å². The molecule has 0 radical (unpaired) electrons. The van der Waals surface area contributed by atoms with Crippen molar-refractivity contribution in [3.63, 3.8) is 0 Å². The SMILES string of the molecule is Cc1ccc(S(=O)(=O)N2CCC(C(=O)N3C(C)CC3(C)C)CC2)cc1. The maximum absolute atomic E-state index is 12.8. The molecule has 0 bridgehead atoms. The van der Waals surface area contributed by atoms with Gasteiger partial charge in [0, 0.05) is 30.6 Å². The van der Waals surface area contributed by atoms with Crippen LogP contribution in [-0.2, 0) is 14.8 Å². The van der Waals surface area contributed by atoms with Crippen LogP contribution in [0.15, 0.2) is 29.2 Å². The quantitative estimate of drug-likeness (QED) is 0.829. The van der Waals surface area contributed by atoms with E-state index in [1.54, 1.807) is 12.1 Å². The maximum atomic E-state index is 12.8. The summed E-state index contributed by atoms with van der Waals surface area (Å²) in [6.07, 6.45) is 2.23. The van der Waals surface area contributed by atoms with Crippen LogP contribution in [0.1, 0.15) is 45.6 Å². The van der Waals surface area contributed by atoms with E-state index in [9.17, 15) is 13.2 Å². The molecule has 2 aliphatic rings. The summed E-state index contributed by atoms with van der Waals surface area (Å²) in [6, 6.07) is 7.24. The minimum Gasteiger partial charge on any atom is -0.334 e. The molecular weight excluding hydrogens is 336 g/mol. The highest BCUT2D eigenvalue weighted by Crippen LogP contribution is 2.38. The highest BCUT2D eigenvalue weighted by atomic mass is 32.2. The summed E-state index contributed by atoms with van der Waals surface area (Å²) < 4.78 is 27.0. The molecule has 6 heteroatoms. The fourth-order valence-electron chi connectivity index (χ4n) is 4.31. The third-order valence-corrected chi connectivity index (χ3v) is 7.50. The Morgan fingerprint density at radius 1 is 1.12 bits per heavy atom. The molecule has 0 aliphatic carbocycles. The summed E-state index contributed by atoms with van der Waals surface area (Å²) in [4.78, 5) is 15.1. The first-order valence-electron chi connectivity index (χ1n) is 9.03. The lowest BCUT2D eigenvalue weighted by atomic mass is 9.80. The summed E-state index contributed by atoms with van der Waals surface area (Å²) in [7, 11) is -3.46. The number of hydrogen-bond donors (Lipinski definition) is 0. The predicted molar refractivity (Wildman–Crippen MR) is 97.7 cm³/mol. The Hall–Kier alpha value is -1.40. The van der Waals surface area contributed by atoms with E-state index in [4.69, 9.17) is 0 Å². The lowest BCUT2D eigenvalue weighted by Gasteiger charge is -2.55. The molecule has 0 N–H and O–H groups in total. The predicted octanol–water partition coefficient (Wildman–Crippen LogP) is 2.80. The summed E-state index contributed by atoms with van der Waals surface area (Å²) in [5, 5.41) is 0. The average molecular weight is 365 g/mol. The zero-order valence-electron chi connectivity index (χ0n) is 15.5. The Labute approximate surface area is 151 Å². The van der Waals surface area contributed by atoms with Gasteiger partial charge in [0.2, 0.25) is 15.9 Å². The van der Waals surface area contributed by atoms with E-state index < -0.39 is 10.0 Å². The van der Waals surface area contributed by atoms with Gasteiger partial charge in [-0.15, -0.1) is 0 Å². The van der Waals surface area contributed by atoms with Crippen molar-refractivity contribution in [3.05, 3.63) is 29.8 Å². The molecule has 0 saturated carbocycles. The number of aryl methyl sites for hydroxylation is 1. The molecule has 1 atom stereocenters. The van der Waals surface area contributed by atoms with E-state index in [1.807, 2.05) is 24.0 Å². The largest absolute Gasteiger partial charge is 0.334 e. The van der Waals surface area contributed by atoms with Gasteiger partial charge in [0.25, 0.3) is 0 Å². The van der Waals surface area contributed by atoms with Gasteiger partial charge in [-0.3, -0.25) is 4.79 Å². The van der Waals surface area contributed by atoms with Crippen molar-refractivity contribution >= 4 is 15.9 Å². The zero-order chi connectivity index (χ0) is 18.4. The summed E-state index contributed by atoms with van der Waals surface area (Å²) >= 11 is 0. The number of likely N-dealkylation sites (tertiary alicyclic amines) is 1. The molecule has 2 aliphatic heterocycles. The number of piperidine rings is 1. The van der Waals surface area contributed by atoms with Crippen LogP contribution < -0.4 is 0 Å². The van der Waals surface area contributed by atoms with Gasteiger partial charge in [-0.05, 0) is 59.1 Å². The highest BCUT2D eigenvalue weighted by molar-refractivity contribution is 7.89. The first-order chi connectivity index (χ1) is 11.6. The fourth-order valence-corrected chi connectivity index (χ4v) is 5.78. The molecule has 0 aromatic heterocycles. The number of benzene rings is 1. The number of nitrogens with zero attached hydrogens (tertiary/aromatic N) is 2. The van der Waals surface area contributed by atoms with Gasteiger partial charge in [0.05, 0.1) is 4.90 Å². The van der Waals surface area contributed by atoms with Gasteiger partial charge < -0.3 is 4.90 Å². The Morgan fingerprint density at radius 3 is 2.16 bits per heavy atom. The first-order valence-corrected chi connectivity index (χ1v) is 10.5. The third-order valence-electron chi connectivity index (χ3n) is 5.59. The van der Waals surface area contributed by atoms with Crippen molar-refractivity contribution in [3.8, 4) is 0 Å². The maximum Gasteiger partial charge on any atom is 0.243 e. The second-order valence-corrected chi connectivity index (χ2v) is 10.0. The van der Waals surface area contributed by atoms with E-state index >= 15 is 0 Å². The second kappa shape index (κ2) is 6.40. The number of amides is 1. The topological polar surface area (TPSA) is 57.7 Å². The monoisotopic (exact) mass is 364 g/mol. The molecule has 0 spiro atoms. The molecule has 1 amide bonds. The van der Waals surface area contributed by atoms with Crippen LogP contribution >= 0.6 is 0 Å². The Bertz CT molecular complexity index is 747. The molecule has 2 saturated heterocycles.